The van der Waals surface area contributed by atoms with E-state index in [-0.39, 0.29) is 0 Å². The summed E-state index contributed by atoms with van der Waals surface area (Å²) < 4.78 is 1.91. The van der Waals surface area contributed by atoms with Crippen molar-refractivity contribution in [1.29, 1.82) is 0 Å². The Morgan fingerprint density at radius 2 is 1.72 bits per heavy atom. The maximum atomic E-state index is 5.07. The summed E-state index contributed by atoms with van der Waals surface area (Å²) in [6.45, 7) is 7.16. The van der Waals surface area contributed by atoms with Gasteiger partial charge in [-0.25, -0.2) is 4.98 Å². The number of fused-ring (bicyclic) bond motifs is 1. The van der Waals surface area contributed by atoms with Crippen LogP contribution >= 0.6 is 0 Å². The summed E-state index contributed by atoms with van der Waals surface area (Å²) in [4.78, 5) is 11.8. The summed E-state index contributed by atoms with van der Waals surface area (Å²) in [6, 6.07) is 25.6. The van der Waals surface area contributed by atoms with Crippen molar-refractivity contribution in [2.45, 2.75) is 31.7 Å². The van der Waals surface area contributed by atoms with Crippen LogP contribution in [0.1, 0.15) is 46.7 Å². The fourth-order valence-corrected chi connectivity index (χ4v) is 5.51. The molecule has 0 saturated carbocycles. The minimum atomic E-state index is 0.395. The molecule has 194 valence electrons. The van der Waals surface area contributed by atoms with Crippen molar-refractivity contribution in [1.82, 2.24) is 24.5 Å². The van der Waals surface area contributed by atoms with Crippen LogP contribution in [0.5, 0.6) is 0 Å². The van der Waals surface area contributed by atoms with Crippen LogP contribution in [-0.4, -0.2) is 45.4 Å². The molecule has 0 unspecified atom stereocenters. The summed E-state index contributed by atoms with van der Waals surface area (Å²) in [7, 11) is 2.07. The number of nitrogens with zero attached hydrogens (tertiary/aromatic N) is 5. The Balaban J connectivity index is 1.17. The van der Waals surface area contributed by atoms with Crippen LogP contribution in [0, 0.1) is 0 Å². The molecule has 0 amide bonds. The zero-order chi connectivity index (χ0) is 26.6. The molecule has 5 aromatic rings. The normalized spacial score (nSPS) is 14.0. The average molecular weight is 512 g/mol. The van der Waals surface area contributed by atoms with E-state index in [1.54, 1.807) is 6.20 Å². The maximum absolute atomic E-state index is 5.07. The molecule has 39 heavy (non-hydrogen) atoms. The lowest BCUT2D eigenvalue weighted by molar-refractivity contribution is 0.296. The number of likely N-dealkylation sites (tertiary alicyclic amines) is 1. The van der Waals surface area contributed by atoms with E-state index in [0.717, 1.165) is 66.2 Å². The highest BCUT2D eigenvalue weighted by Gasteiger charge is 2.25. The molecule has 3 aromatic heterocycles. The predicted molar refractivity (Wildman–Crippen MR) is 161 cm³/mol. The first kappa shape index (κ1) is 24.9. The molecule has 0 bridgehead atoms. The summed E-state index contributed by atoms with van der Waals surface area (Å²) >= 11 is 0. The van der Waals surface area contributed by atoms with E-state index in [2.05, 4.69) is 101 Å². The number of piperidine rings is 1. The van der Waals surface area contributed by atoms with E-state index in [1.807, 2.05) is 23.0 Å². The van der Waals surface area contributed by atoms with Gasteiger partial charge in [-0.2, -0.15) is 9.61 Å². The zero-order valence-electron chi connectivity index (χ0n) is 22.4. The van der Waals surface area contributed by atoms with Gasteiger partial charge in [-0.1, -0.05) is 67.2 Å². The number of aromatic nitrogens is 4. The van der Waals surface area contributed by atoms with Crippen molar-refractivity contribution < 1.29 is 0 Å². The lowest BCUT2D eigenvalue weighted by Gasteiger charge is -2.35. The van der Waals surface area contributed by atoms with Gasteiger partial charge < -0.3 is 10.2 Å². The van der Waals surface area contributed by atoms with Gasteiger partial charge in [0.1, 0.15) is 13.7 Å². The molecule has 0 radical (unpaired) electrons. The molecule has 2 aromatic carbocycles. The number of anilines is 1. The van der Waals surface area contributed by atoms with Crippen LogP contribution in [0.4, 0.5) is 5.82 Å². The smallest absolute Gasteiger partial charge is 0.151 e. The standard InChI is InChI=1S/C32H33BN6/c1-23(28-12-6-5-11-27(28)18-24-8-3-2-4-9-24)38-16-13-26(14-17-38)30-19-31(35-21-25-10-7-15-34-20-25)39-32(37-30)29(33)22-36-39/h2-12,15,19-20,22,26,35H,1,13-14,16-18,21,33H2. The van der Waals surface area contributed by atoms with E-state index < -0.39 is 0 Å². The average Bonchev–Trinajstić information content (AvgIpc) is 3.37. The first-order valence-electron chi connectivity index (χ1n) is 13.7. The van der Waals surface area contributed by atoms with Crippen LogP contribution in [0.25, 0.3) is 11.3 Å². The summed E-state index contributed by atoms with van der Waals surface area (Å²) in [5, 5.41) is 8.15. The summed E-state index contributed by atoms with van der Waals surface area (Å²) in [6.07, 6.45) is 8.57. The Labute approximate surface area is 230 Å². The van der Waals surface area contributed by atoms with Crippen LogP contribution in [0.2, 0.25) is 0 Å². The van der Waals surface area contributed by atoms with Crippen molar-refractivity contribution in [3.8, 4) is 0 Å². The quantitative estimate of drug-likeness (QED) is 0.312. The summed E-state index contributed by atoms with van der Waals surface area (Å²) in [5.74, 6) is 1.36. The highest BCUT2D eigenvalue weighted by molar-refractivity contribution is 6.36. The first-order chi connectivity index (χ1) is 19.2. The Bertz CT molecular complexity index is 1570. The Morgan fingerprint density at radius 1 is 0.949 bits per heavy atom. The number of rotatable bonds is 8. The molecule has 1 aliphatic heterocycles. The Hall–Kier alpha value is -4.39. The van der Waals surface area contributed by atoms with Gasteiger partial charge in [0.15, 0.2) is 5.65 Å². The molecule has 0 aliphatic carbocycles. The molecule has 4 heterocycles. The van der Waals surface area contributed by atoms with Crippen LogP contribution in [-0.2, 0) is 13.0 Å². The van der Waals surface area contributed by atoms with E-state index >= 15 is 0 Å². The van der Waals surface area contributed by atoms with Crippen molar-refractivity contribution >= 4 is 30.5 Å². The first-order valence-corrected chi connectivity index (χ1v) is 13.7. The van der Waals surface area contributed by atoms with E-state index in [0.29, 0.717) is 12.5 Å². The fraction of sp³-hybridized carbons (Fsp3) is 0.219. The van der Waals surface area contributed by atoms with Crippen molar-refractivity contribution in [3.63, 3.8) is 0 Å². The monoisotopic (exact) mass is 512 g/mol. The Morgan fingerprint density at radius 3 is 2.51 bits per heavy atom. The van der Waals surface area contributed by atoms with Gasteiger partial charge in [-0.3, -0.25) is 4.98 Å². The van der Waals surface area contributed by atoms with Crippen LogP contribution in [0.3, 0.4) is 0 Å². The molecule has 6 nitrogen and oxygen atoms in total. The molecule has 7 heteroatoms. The molecular weight excluding hydrogens is 479 g/mol. The van der Waals surface area contributed by atoms with Gasteiger partial charge >= 0.3 is 0 Å². The van der Waals surface area contributed by atoms with Crippen molar-refractivity contribution in [2.24, 2.45) is 0 Å². The van der Waals surface area contributed by atoms with E-state index in [1.165, 1.54) is 16.7 Å². The number of hydrogen-bond acceptors (Lipinski definition) is 5. The van der Waals surface area contributed by atoms with Gasteiger partial charge in [0.2, 0.25) is 0 Å². The molecule has 0 spiro atoms. The van der Waals surface area contributed by atoms with Crippen molar-refractivity contribution in [2.75, 3.05) is 18.4 Å². The largest absolute Gasteiger partial charge is 0.371 e. The summed E-state index contributed by atoms with van der Waals surface area (Å²) in [5.41, 5.74) is 9.28. The van der Waals surface area contributed by atoms with E-state index in [9.17, 15) is 0 Å². The highest BCUT2D eigenvalue weighted by atomic mass is 15.3. The third-order valence-electron chi connectivity index (χ3n) is 7.73. The van der Waals surface area contributed by atoms with Gasteiger partial charge in [0, 0.05) is 67.2 Å². The molecule has 6 rings (SSSR count). The Kier molecular flexibility index (Phi) is 7.13. The lowest BCUT2D eigenvalue weighted by atomic mass is 9.91. The maximum Gasteiger partial charge on any atom is 0.151 e. The highest BCUT2D eigenvalue weighted by Crippen LogP contribution is 2.33. The number of benzene rings is 2. The molecular formula is C32H33BN6. The SMILES string of the molecule is Bc1cnn2c(NCc3cccnc3)cc(C3CCN(C(=C)c4ccccc4Cc4ccccc4)CC3)nc12. The van der Waals surface area contributed by atoms with Gasteiger partial charge in [-0.15, -0.1) is 0 Å². The lowest BCUT2D eigenvalue weighted by Crippen LogP contribution is -2.32. The second-order valence-electron chi connectivity index (χ2n) is 10.4. The fourth-order valence-electron chi connectivity index (χ4n) is 5.51. The second kappa shape index (κ2) is 11.2. The second-order valence-corrected chi connectivity index (χ2v) is 10.4. The van der Waals surface area contributed by atoms with Gasteiger partial charge in [0.25, 0.3) is 0 Å². The molecule has 1 aliphatic rings. The molecule has 1 saturated heterocycles. The van der Waals surface area contributed by atoms with Crippen molar-refractivity contribution in [3.05, 3.63) is 126 Å². The van der Waals surface area contributed by atoms with Gasteiger partial charge in [0.05, 0.1) is 0 Å². The zero-order valence-corrected chi connectivity index (χ0v) is 22.4. The molecule has 0 atom stereocenters. The minimum Gasteiger partial charge on any atom is -0.371 e. The van der Waals surface area contributed by atoms with Crippen LogP contribution in [0.15, 0.2) is 98.0 Å². The molecule has 1 fully saturated rings. The minimum absolute atomic E-state index is 0.395. The number of pyridine rings is 1. The third kappa shape index (κ3) is 5.44. The third-order valence-corrected chi connectivity index (χ3v) is 7.73. The molecule has 1 N–H and O–H groups in total. The topological polar surface area (TPSA) is 58.4 Å². The van der Waals surface area contributed by atoms with E-state index in [4.69, 9.17) is 4.98 Å². The van der Waals surface area contributed by atoms with Gasteiger partial charge in [-0.05, 0) is 47.5 Å². The number of hydrogen-bond donors (Lipinski definition) is 1. The van der Waals surface area contributed by atoms with Crippen LogP contribution < -0.4 is 10.8 Å². The number of nitrogens with one attached hydrogen (secondary N) is 1. The predicted octanol–water partition coefficient (Wildman–Crippen LogP) is 4.44.